The van der Waals surface area contributed by atoms with E-state index in [2.05, 4.69) is 5.43 Å². The maximum Gasteiger partial charge on any atom is 0.168 e. The van der Waals surface area contributed by atoms with Crippen LogP contribution in [0.1, 0.15) is 24.8 Å². The van der Waals surface area contributed by atoms with Crippen LogP contribution in [0.15, 0.2) is 18.2 Å². The molecule has 0 amide bonds. The normalized spacial score (nSPS) is 21.1. The molecule has 0 aromatic heterocycles. The van der Waals surface area contributed by atoms with Crippen molar-refractivity contribution in [1.29, 1.82) is 0 Å². The van der Waals surface area contributed by atoms with E-state index in [1.807, 2.05) is 0 Å². The molecule has 2 rings (SSSR count). The van der Waals surface area contributed by atoms with Gasteiger partial charge in [-0.05, 0) is 37.3 Å². The fraction of sp³-hybridized carbons (Fsp3) is 0.571. The molecule has 3 N–H and O–H groups in total. The van der Waals surface area contributed by atoms with E-state index in [-0.39, 0.29) is 23.7 Å². The third-order valence-corrected chi connectivity index (χ3v) is 3.58. The number of hydrogen-bond acceptors (Lipinski definition) is 4. The average molecular weight is 268 g/mol. The summed E-state index contributed by atoms with van der Waals surface area (Å²) in [4.78, 5) is 0. The lowest BCUT2D eigenvalue weighted by molar-refractivity contribution is -0.00759. The van der Waals surface area contributed by atoms with Crippen molar-refractivity contribution in [3.63, 3.8) is 0 Å². The van der Waals surface area contributed by atoms with Gasteiger partial charge in [0.15, 0.2) is 11.6 Å². The highest BCUT2D eigenvalue weighted by Gasteiger charge is 2.25. The molecule has 106 valence electrons. The first kappa shape index (κ1) is 14.2. The van der Waals surface area contributed by atoms with E-state index in [4.69, 9.17) is 15.3 Å². The molecule has 0 spiro atoms. The summed E-state index contributed by atoms with van der Waals surface area (Å²) in [6, 6.07) is 5.07. The molecular weight excluding hydrogens is 247 g/mol. The van der Waals surface area contributed by atoms with E-state index in [9.17, 15) is 4.39 Å². The van der Waals surface area contributed by atoms with Crippen molar-refractivity contribution in [2.24, 2.45) is 5.84 Å². The Labute approximate surface area is 113 Å². The van der Waals surface area contributed by atoms with Crippen LogP contribution in [0.5, 0.6) is 5.75 Å². The summed E-state index contributed by atoms with van der Waals surface area (Å²) in [7, 11) is 1.46. The van der Waals surface area contributed by atoms with Gasteiger partial charge in [-0.1, -0.05) is 12.1 Å². The van der Waals surface area contributed by atoms with Crippen LogP contribution in [0.3, 0.4) is 0 Å². The number of hydrogen-bond donors (Lipinski definition) is 2. The summed E-state index contributed by atoms with van der Waals surface area (Å²) >= 11 is 0. The molecule has 1 aromatic carbocycles. The van der Waals surface area contributed by atoms with E-state index in [0.717, 1.165) is 25.9 Å². The summed E-state index contributed by atoms with van der Waals surface area (Å²) in [6.07, 6.45) is 3.71. The maximum atomic E-state index is 14.1. The van der Waals surface area contributed by atoms with Crippen molar-refractivity contribution in [2.75, 3.05) is 13.7 Å². The quantitative estimate of drug-likeness (QED) is 0.631. The number of hydrazine groups is 1. The second-order valence-electron chi connectivity index (χ2n) is 4.82. The van der Waals surface area contributed by atoms with E-state index in [0.29, 0.717) is 12.0 Å². The molecule has 2 atom stereocenters. The number of rotatable bonds is 5. The zero-order valence-corrected chi connectivity index (χ0v) is 11.2. The predicted octanol–water partition coefficient (Wildman–Crippen LogP) is 1.78. The fourth-order valence-corrected chi connectivity index (χ4v) is 2.49. The Morgan fingerprint density at radius 1 is 1.53 bits per heavy atom. The third kappa shape index (κ3) is 3.43. The monoisotopic (exact) mass is 268 g/mol. The van der Waals surface area contributed by atoms with Crippen LogP contribution >= 0.6 is 0 Å². The van der Waals surface area contributed by atoms with Gasteiger partial charge in [0, 0.05) is 6.61 Å². The highest BCUT2D eigenvalue weighted by Crippen LogP contribution is 2.23. The minimum absolute atomic E-state index is 0.0457. The Morgan fingerprint density at radius 2 is 2.37 bits per heavy atom. The first-order valence-electron chi connectivity index (χ1n) is 6.65. The number of benzene rings is 1. The Kier molecular flexibility index (Phi) is 5.13. The zero-order chi connectivity index (χ0) is 13.7. The Bertz CT molecular complexity index is 408. The van der Waals surface area contributed by atoms with Crippen LogP contribution in [0.4, 0.5) is 4.39 Å². The average Bonchev–Trinajstić information content (AvgIpc) is 2.47. The van der Waals surface area contributed by atoms with Crippen LogP contribution in [0.25, 0.3) is 0 Å². The Hall–Kier alpha value is -1.17. The molecule has 0 saturated carbocycles. The SMILES string of the molecule is COc1cccc(CC(NN)C2CCCCO2)c1F. The Morgan fingerprint density at radius 3 is 3.00 bits per heavy atom. The lowest BCUT2D eigenvalue weighted by atomic mass is 9.96. The van der Waals surface area contributed by atoms with E-state index in [1.165, 1.54) is 7.11 Å². The van der Waals surface area contributed by atoms with Gasteiger partial charge in [-0.25, -0.2) is 4.39 Å². The second kappa shape index (κ2) is 6.84. The van der Waals surface area contributed by atoms with Crippen LogP contribution in [-0.4, -0.2) is 25.9 Å². The van der Waals surface area contributed by atoms with Crippen LogP contribution in [0.2, 0.25) is 0 Å². The van der Waals surface area contributed by atoms with Gasteiger partial charge in [0.25, 0.3) is 0 Å². The molecule has 5 heteroatoms. The zero-order valence-electron chi connectivity index (χ0n) is 11.2. The van der Waals surface area contributed by atoms with E-state index >= 15 is 0 Å². The lowest BCUT2D eigenvalue weighted by Gasteiger charge is -2.30. The number of ether oxygens (including phenoxy) is 2. The smallest absolute Gasteiger partial charge is 0.168 e. The van der Waals surface area contributed by atoms with Crippen molar-refractivity contribution in [3.05, 3.63) is 29.6 Å². The molecule has 0 aliphatic carbocycles. The molecule has 0 bridgehead atoms. The minimum Gasteiger partial charge on any atom is -0.494 e. The first-order chi connectivity index (χ1) is 9.26. The number of nitrogens with two attached hydrogens (primary N) is 1. The largest absolute Gasteiger partial charge is 0.494 e. The van der Waals surface area contributed by atoms with Gasteiger partial charge < -0.3 is 9.47 Å². The Balaban J connectivity index is 2.09. The number of halogens is 1. The van der Waals surface area contributed by atoms with Gasteiger partial charge in [0.2, 0.25) is 0 Å². The highest BCUT2D eigenvalue weighted by molar-refractivity contribution is 5.31. The third-order valence-electron chi connectivity index (χ3n) is 3.58. The van der Waals surface area contributed by atoms with Crippen molar-refractivity contribution in [1.82, 2.24) is 5.43 Å². The van der Waals surface area contributed by atoms with Gasteiger partial charge in [-0.15, -0.1) is 0 Å². The van der Waals surface area contributed by atoms with Gasteiger partial charge in [-0.2, -0.15) is 0 Å². The van der Waals surface area contributed by atoms with Crippen molar-refractivity contribution in [3.8, 4) is 5.75 Å². The van der Waals surface area contributed by atoms with Gasteiger partial charge in [0.05, 0.1) is 19.3 Å². The number of nitrogens with one attached hydrogen (secondary N) is 1. The molecule has 4 nitrogen and oxygen atoms in total. The van der Waals surface area contributed by atoms with Crippen LogP contribution in [-0.2, 0) is 11.2 Å². The topological polar surface area (TPSA) is 56.5 Å². The summed E-state index contributed by atoms with van der Waals surface area (Å²) in [6.45, 7) is 0.753. The first-order valence-corrected chi connectivity index (χ1v) is 6.65. The summed E-state index contributed by atoms with van der Waals surface area (Å²) in [5, 5.41) is 0. The molecule has 1 aromatic rings. The van der Waals surface area contributed by atoms with E-state index < -0.39 is 0 Å². The molecule has 0 radical (unpaired) electrons. The van der Waals surface area contributed by atoms with Gasteiger partial charge >= 0.3 is 0 Å². The van der Waals surface area contributed by atoms with Crippen molar-refractivity contribution < 1.29 is 13.9 Å². The van der Waals surface area contributed by atoms with Crippen LogP contribution < -0.4 is 16.0 Å². The molecule has 19 heavy (non-hydrogen) atoms. The standard InChI is InChI=1S/C14H21FN2O2/c1-18-13-7-4-5-10(14(13)15)9-11(17-16)12-6-2-3-8-19-12/h4-5,7,11-12,17H,2-3,6,8-9,16H2,1H3. The van der Waals surface area contributed by atoms with Crippen LogP contribution in [0, 0.1) is 5.82 Å². The second-order valence-corrected chi connectivity index (χ2v) is 4.82. The molecule has 2 unspecified atom stereocenters. The van der Waals surface area contributed by atoms with Crippen molar-refractivity contribution in [2.45, 2.75) is 37.8 Å². The summed E-state index contributed by atoms with van der Waals surface area (Å²) < 4.78 is 24.8. The predicted molar refractivity (Wildman–Crippen MR) is 71.4 cm³/mol. The molecule has 1 heterocycles. The van der Waals surface area contributed by atoms with E-state index in [1.54, 1.807) is 18.2 Å². The lowest BCUT2D eigenvalue weighted by Crippen LogP contribution is -2.47. The number of methoxy groups -OCH3 is 1. The fourth-order valence-electron chi connectivity index (χ4n) is 2.49. The molecule has 1 fully saturated rings. The summed E-state index contributed by atoms with van der Waals surface area (Å²) in [5.74, 6) is 5.53. The molecule has 1 aliphatic heterocycles. The molecular formula is C14H21FN2O2. The highest BCUT2D eigenvalue weighted by atomic mass is 19.1. The minimum atomic E-state index is -0.318. The molecule has 1 aliphatic rings. The maximum absolute atomic E-state index is 14.1. The molecule has 1 saturated heterocycles. The van der Waals surface area contributed by atoms with Gasteiger partial charge in [0.1, 0.15) is 0 Å². The summed E-state index contributed by atoms with van der Waals surface area (Å²) in [5.41, 5.74) is 3.35. The van der Waals surface area contributed by atoms with Gasteiger partial charge in [-0.3, -0.25) is 11.3 Å². The van der Waals surface area contributed by atoms with Crippen molar-refractivity contribution >= 4 is 0 Å².